The molecule has 0 aliphatic carbocycles. The zero-order valence-electron chi connectivity index (χ0n) is 11.3. The van der Waals surface area contributed by atoms with Gasteiger partial charge in [0.15, 0.2) is 0 Å². The lowest BCUT2D eigenvalue weighted by atomic mass is 9.97. The fourth-order valence-corrected chi connectivity index (χ4v) is 2.43. The lowest BCUT2D eigenvalue weighted by molar-refractivity contribution is -0.152. The summed E-state index contributed by atoms with van der Waals surface area (Å²) in [6.45, 7) is 5.83. The summed E-state index contributed by atoms with van der Waals surface area (Å²) in [5.41, 5.74) is 1.06. The molecule has 102 valence electrons. The third-order valence-electron chi connectivity index (χ3n) is 3.47. The Balaban J connectivity index is 2.29. The van der Waals surface area contributed by atoms with Gasteiger partial charge in [0.05, 0.1) is 6.54 Å². The zero-order valence-corrected chi connectivity index (χ0v) is 12.0. The van der Waals surface area contributed by atoms with Crippen LogP contribution in [-0.4, -0.2) is 28.8 Å². The largest absolute Gasteiger partial charge is 0.345 e. The number of aryl methyl sites for hydroxylation is 1. The molecule has 0 spiro atoms. The number of hydrogen-bond acceptors (Lipinski definition) is 2. The van der Waals surface area contributed by atoms with Gasteiger partial charge in [-0.05, 0) is 38.0 Å². The van der Waals surface area contributed by atoms with Crippen LogP contribution in [-0.2, 0) is 16.1 Å². The number of rotatable bonds is 2. The van der Waals surface area contributed by atoms with Gasteiger partial charge in [0.1, 0.15) is 5.54 Å². The second-order valence-corrected chi connectivity index (χ2v) is 5.72. The Labute approximate surface area is 117 Å². The first-order valence-corrected chi connectivity index (χ1v) is 6.54. The molecule has 0 radical (unpaired) electrons. The second-order valence-electron chi connectivity index (χ2n) is 5.32. The van der Waals surface area contributed by atoms with Crippen molar-refractivity contribution in [3.05, 3.63) is 34.3 Å². The van der Waals surface area contributed by atoms with Gasteiger partial charge in [0.25, 0.3) is 0 Å². The molecular formula is C14H17ClN2O2. The van der Waals surface area contributed by atoms with Crippen molar-refractivity contribution in [1.29, 1.82) is 0 Å². The molecule has 0 saturated carbocycles. The first kappa shape index (κ1) is 13.9. The van der Waals surface area contributed by atoms with Gasteiger partial charge < -0.3 is 10.2 Å². The molecule has 2 amide bonds. The van der Waals surface area contributed by atoms with Crippen LogP contribution in [0.1, 0.15) is 25.0 Å². The molecule has 0 atom stereocenters. The molecule has 1 heterocycles. The third-order valence-corrected chi connectivity index (χ3v) is 3.82. The lowest BCUT2D eigenvalue weighted by Crippen LogP contribution is -2.63. The Bertz CT molecular complexity index is 540. The van der Waals surface area contributed by atoms with Gasteiger partial charge in [-0.25, -0.2) is 0 Å². The summed E-state index contributed by atoms with van der Waals surface area (Å²) in [4.78, 5) is 25.4. The van der Waals surface area contributed by atoms with Crippen molar-refractivity contribution >= 4 is 23.4 Å². The Morgan fingerprint density at radius 2 is 2.05 bits per heavy atom. The van der Waals surface area contributed by atoms with Crippen LogP contribution in [0.25, 0.3) is 0 Å². The normalized spacial score (nSPS) is 18.4. The summed E-state index contributed by atoms with van der Waals surface area (Å²) in [6, 6.07) is 5.70. The SMILES string of the molecule is Cc1ccc(CN2C(=O)CNC(=O)C2(C)C)c(Cl)c1. The number of carbonyl (C=O) groups excluding carboxylic acids is 2. The topological polar surface area (TPSA) is 49.4 Å². The van der Waals surface area contributed by atoms with Crippen LogP contribution < -0.4 is 5.32 Å². The van der Waals surface area contributed by atoms with Gasteiger partial charge in [0.2, 0.25) is 11.8 Å². The first-order valence-electron chi connectivity index (χ1n) is 6.16. The van der Waals surface area contributed by atoms with Crippen molar-refractivity contribution in [2.45, 2.75) is 32.9 Å². The van der Waals surface area contributed by atoms with Crippen LogP contribution in [0, 0.1) is 6.92 Å². The Morgan fingerprint density at radius 1 is 1.37 bits per heavy atom. The van der Waals surface area contributed by atoms with Gasteiger partial charge in [-0.2, -0.15) is 0 Å². The fourth-order valence-electron chi connectivity index (χ4n) is 2.14. The van der Waals surface area contributed by atoms with E-state index in [1.807, 2.05) is 25.1 Å². The number of nitrogens with one attached hydrogen (secondary N) is 1. The quantitative estimate of drug-likeness (QED) is 0.899. The molecule has 1 aliphatic heterocycles. The minimum Gasteiger partial charge on any atom is -0.345 e. The van der Waals surface area contributed by atoms with E-state index in [0.29, 0.717) is 11.6 Å². The summed E-state index contributed by atoms with van der Waals surface area (Å²) in [5, 5.41) is 3.22. The van der Waals surface area contributed by atoms with Gasteiger partial charge >= 0.3 is 0 Å². The standard InChI is InChI=1S/C14H17ClN2O2/c1-9-4-5-10(11(15)6-9)8-17-12(18)7-16-13(19)14(17,2)3/h4-6H,7-8H2,1-3H3,(H,16,19). The maximum atomic E-state index is 12.0. The van der Waals surface area contributed by atoms with E-state index in [2.05, 4.69) is 5.32 Å². The highest BCUT2D eigenvalue weighted by molar-refractivity contribution is 6.31. The van der Waals surface area contributed by atoms with E-state index in [4.69, 9.17) is 11.6 Å². The third kappa shape index (κ3) is 2.59. The van der Waals surface area contributed by atoms with Crippen LogP contribution >= 0.6 is 11.6 Å². The van der Waals surface area contributed by atoms with Gasteiger partial charge in [-0.3, -0.25) is 9.59 Å². The van der Waals surface area contributed by atoms with E-state index in [-0.39, 0.29) is 18.4 Å². The van der Waals surface area contributed by atoms with E-state index < -0.39 is 5.54 Å². The number of nitrogens with zero attached hydrogens (tertiary/aromatic N) is 1. The second kappa shape index (κ2) is 4.85. The van der Waals surface area contributed by atoms with E-state index in [1.165, 1.54) is 0 Å². The van der Waals surface area contributed by atoms with Crippen molar-refractivity contribution < 1.29 is 9.59 Å². The average molecular weight is 281 g/mol. The summed E-state index contributed by atoms with van der Waals surface area (Å²) in [7, 11) is 0. The van der Waals surface area contributed by atoms with Crippen LogP contribution in [0.5, 0.6) is 0 Å². The van der Waals surface area contributed by atoms with Crippen molar-refractivity contribution in [3.63, 3.8) is 0 Å². The van der Waals surface area contributed by atoms with Crippen LogP contribution in [0.2, 0.25) is 5.02 Å². The molecule has 1 aliphatic rings. The van der Waals surface area contributed by atoms with E-state index in [1.54, 1.807) is 18.7 Å². The molecule has 19 heavy (non-hydrogen) atoms. The molecular weight excluding hydrogens is 264 g/mol. The molecule has 1 aromatic carbocycles. The molecule has 1 fully saturated rings. The molecule has 0 aromatic heterocycles. The number of amides is 2. The van der Waals surface area contributed by atoms with Crippen LogP contribution in [0.4, 0.5) is 0 Å². The molecule has 0 bridgehead atoms. The molecule has 2 rings (SSSR count). The van der Waals surface area contributed by atoms with Crippen molar-refractivity contribution in [3.8, 4) is 0 Å². The zero-order chi connectivity index (χ0) is 14.2. The van der Waals surface area contributed by atoms with Gasteiger partial charge in [-0.1, -0.05) is 23.7 Å². The van der Waals surface area contributed by atoms with Gasteiger partial charge in [0, 0.05) is 11.6 Å². The summed E-state index contributed by atoms with van der Waals surface area (Å²) < 4.78 is 0. The number of piperazine rings is 1. The Hall–Kier alpha value is -1.55. The number of halogens is 1. The Kier molecular flexibility index (Phi) is 3.54. The number of benzene rings is 1. The molecule has 5 heteroatoms. The molecule has 0 unspecified atom stereocenters. The van der Waals surface area contributed by atoms with Crippen molar-refractivity contribution in [2.24, 2.45) is 0 Å². The predicted molar refractivity (Wildman–Crippen MR) is 73.8 cm³/mol. The molecule has 1 saturated heterocycles. The highest BCUT2D eigenvalue weighted by Gasteiger charge is 2.41. The maximum Gasteiger partial charge on any atom is 0.245 e. The van der Waals surface area contributed by atoms with E-state index in [9.17, 15) is 9.59 Å². The minimum atomic E-state index is -0.858. The van der Waals surface area contributed by atoms with Crippen molar-refractivity contribution in [2.75, 3.05) is 6.54 Å². The average Bonchev–Trinajstić information content (AvgIpc) is 2.32. The summed E-state index contributed by atoms with van der Waals surface area (Å²) in [5.74, 6) is -0.239. The molecule has 4 nitrogen and oxygen atoms in total. The van der Waals surface area contributed by atoms with Crippen molar-refractivity contribution in [1.82, 2.24) is 10.2 Å². The number of hydrogen-bond donors (Lipinski definition) is 1. The van der Waals surface area contributed by atoms with Crippen LogP contribution in [0.15, 0.2) is 18.2 Å². The Morgan fingerprint density at radius 3 is 2.68 bits per heavy atom. The predicted octanol–water partition coefficient (Wildman–Crippen LogP) is 1.89. The van der Waals surface area contributed by atoms with Gasteiger partial charge in [-0.15, -0.1) is 0 Å². The molecule has 1 N–H and O–H groups in total. The molecule has 1 aromatic rings. The lowest BCUT2D eigenvalue weighted by Gasteiger charge is -2.41. The maximum absolute atomic E-state index is 12.0. The fraction of sp³-hybridized carbons (Fsp3) is 0.429. The summed E-state index contributed by atoms with van der Waals surface area (Å²) in [6.07, 6.45) is 0. The highest BCUT2D eigenvalue weighted by atomic mass is 35.5. The van der Waals surface area contributed by atoms with E-state index in [0.717, 1.165) is 11.1 Å². The minimum absolute atomic E-state index is 0.0474. The van der Waals surface area contributed by atoms with E-state index >= 15 is 0 Å². The monoisotopic (exact) mass is 280 g/mol. The first-order chi connectivity index (χ1) is 8.82. The summed E-state index contributed by atoms with van der Waals surface area (Å²) >= 11 is 6.19. The van der Waals surface area contributed by atoms with Crippen LogP contribution in [0.3, 0.4) is 0 Å². The smallest absolute Gasteiger partial charge is 0.245 e. The highest BCUT2D eigenvalue weighted by Crippen LogP contribution is 2.25. The number of carbonyl (C=O) groups is 2.